The summed E-state index contributed by atoms with van der Waals surface area (Å²) in [4.78, 5) is 24.8. The fraction of sp³-hybridized carbons (Fsp3) is 0.0755. The molecule has 0 unspecified atom stereocenters. The number of rotatable bonds is 10. The van der Waals surface area contributed by atoms with E-state index in [9.17, 15) is 0 Å². The van der Waals surface area contributed by atoms with E-state index in [-0.39, 0.29) is 0 Å². The molecule has 5 aromatic heterocycles. The second-order valence-electron chi connectivity index (χ2n) is 15.5. The van der Waals surface area contributed by atoms with Crippen molar-refractivity contribution < 1.29 is 4.57 Å². The van der Waals surface area contributed by atoms with Gasteiger partial charge < -0.3 is 4.90 Å². The molecule has 0 fully saturated rings. The summed E-state index contributed by atoms with van der Waals surface area (Å²) in [5.74, 6) is 2.16. The van der Waals surface area contributed by atoms with Crippen LogP contribution in [-0.2, 0) is 6.54 Å². The average Bonchev–Trinajstić information content (AvgIpc) is 4.22. The number of thiazole rings is 4. The summed E-state index contributed by atoms with van der Waals surface area (Å²) in [7, 11) is 0. The van der Waals surface area contributed by atoms with Crippen LogP contribution in [0.3, 0.4) is 0 Å². The predicted octanol–water partition coefficient (Wildman–Crippen LogP) is 14.3. The maximum atomic E-state index is 5.11. The normalized spacial score (nSPS) is 13.4. The lowest BCUT2D eigenvalue weighted by molar-refractivity contribution is -0.670. The van der Waals surface area contributed by atoms with Crippen molar-refractivity contribution in [1.29, 1.82) is 0 Å². The molecular weight excluding hydrogens is 877 g/mol. The number of hydrogen-bond acceptors (Lipinski definition) is 10. The Labute approximate surface area is 391 Å². The number of hydrogen-bond donors (Lipinski definition) is 0. The maximum absolute atomic E-state index is 5.11. The number of benzene rings is 6. The van der Waals surface area contributed by atoms with Crippen LogP contribution in [0.5, 0.6) is 0 Å². The molecular formula is C53H39N8S4+. The molecule has 1 aliphatic heterocycles. The highest BCUT2D eigenvalue weighted by molar-refractivity contribution is 7.22. The highest BCUT2D eigenvalue weighted by atomic mass is 32.1. The topological polar surface area (TPSA) is 66.9 Å². The van der Waals surface area contributed by atoms with Gasteiger partial charge in [0.1, 0.15) is 42.9 Å². The van der Waals surface area contributed by atoms with Gasteiger partial charge in [-0.05, 0) is 105 Å². The molecule has 6 heterocycles. The van der Waals surface area contributed by atoms with Crippen molar-refractivity contribution in [2.24, 2.45) is 0 Å². The minimum absolute atomic E-state index is 0.785. The first kappa shape index (κ1) is 39.5. The van der Waals surface area contributed by atoms with Gasteiger partial charge in [0, 0.05) is 40.2 Å². The van der Waals surface area contributed by atoms with Gasteiger partial charge in [-0.1, -0.05) is 66.7 Å². The number of anilines is 3. The van der Waals surface area contributed by atoms with Gasteiger partial charge in [-0.15, -0.1) is 45.3 Å². The lowest BCUT2D eigenvalue weighted by Crippen LogP contribution is -2.35. The van der Waals surface area contributed by atoms with Crippen LogP contribution in [0.2, 0.25) is 0 Å². The van der Waals surface area contributed by atoms with Gasteiger partial charge in [-0.2, -0.15) is 4.57 Å². The Bertz CT molecular complexity index is 3550. The molecule has 0 radical (unpaired) electrons. The van der Waals surface area contributed by atoms with E-state index in [0.717, 1.165) is 112 Å². The minimum atomic E-state index is 0.785. The number of fused-ring (bicyclic) bond motifs is 4. The highest BCUT2D eigenvalue weighted by Crippen LogP contribution is 2.48. The van der Waals surface area contributed by atoms with Gasteiger partial charge in [-0.3, -0.25) is 4.90 Å². The molecule has 0 aliphatic carbocycles. The molecule has 11 aromatic rings. The van der Waals surface area contributed by atoms with E-state index < -0.39 is 0 Å². The number of nitrogens with zero attached hydrogens (tertiary/aromatic N) is 8. The van der Waals surface area contributed by atoms with Crippen LogP contribution in [0.4, 0.5) is 17.1 Å². The van der Waals surface area contributed by atoms with Gasteiger partial charge in [0.25, 0.3) is 5.82 Å². The zero-order valence-corrected chi connectivity index (χ0v) is 38.6. The number of imidazole rings is 1. The summed E-state index contributed by atoms with van der Waals surface area (Å²) < 4.78 is 7.11. The van der Waals surface area contributed by atoms with Gasteiger partial charge >= 0.3 is 0 Å². The molecule has 0 N–H and O–H groups in total. The van der Waals surface area contributed by atoms with Gasteiger partial charge in [0.2, 0.25) is 0 Å². The Kier molecular flexibility index (Phi) is 10.0. The molecule has 1 aliphatic rings. The largest absolute Gasteiger partial charge is 0.326 e. The second kappa shape index (κ2) is 16.5. The Morgan fingerprint density at radius 2 is 1.15 bits per heavy atom. The quantitative estimate of drug-likeness (QED) is 0.127. The van der Waals surface area contributed by atoms with Crippen molar-refractivity contribution in [3.05, 3.63) is 180 Å². The number of para-hydroxylation sites is 4. The minimum Gasteiger partial charge on any atom is -0.326 e. The van der Waals surface area contributed by atoms with E-state index in [1.165, 1.54) is 9.40 Å². The molecule has 0 saturated heterocycles. The predicted molar refractivity (Wildman–Crippen MR) is 274 cm³/mol. The van der Waals surface area contributed by atoms with E-state index in [0.29, 0.717) is 0 Å². The Morgan fingerprint density at radius 3 is 1.77 bits per heavy atom. The molecule has 0 spiro atoms. The summed E-state index contributed by atoms with van der Waals surface area (Å²) in [5, 5.41) is 8.11. The third kappa shape index (κ3) is 6.97. The summed E-state index contributed by atoms with van der Waals surface area (Å²) in [6, 6.07) is 51.3. The zero-order valence-electron chi connectivity index (χ0n) is 35.4. The van der Waals surface area contributed by atoms with Gasteiger partial charge in [0.05, 0.1) is 38.4 Å². The fourth-order valence-corrected chi connectivity index (χ4v) is 12.3. The van der Waals surface area contributed by atoms with Crippen LogP contribution in [0.25, 0.3) is 85.8 Å². The molecule has 314 valence electrons. The van der Waals surface area contributed by atoms with E-state index in [1.807, 2.05) is 12.1 Å². The molecule has 12 rings (SSSR count). The van der Waals surface area contributed by atoms with Crippen molar-refractivity contribution >= 4 is 100.0 Å². The third-order valence-corrected chi connectivity index (χ3v) is 15.6. The van der Waals surface area contributed by atoms with Crippen molar-refractivity contribution in [3.8, 4) is 48.2 Å². The van der Waals surface area contributed by atoms with Crippen molar-refractivity contribution in [3.63, 3.8) is 0 Å². The second-order valence-corrected chi connectivity index (χ2v) is 19.3. The van der Waals surface area contributed by atoms with Crippen molar-refractivity contribution in [2.75, 3.05) is 16.3 Å². The Hall–Kier alpha value is -7.09. The summed E-state index contributed by atoms with van der Waals surface area (Å²) in [6.07, 6.45) is 6.71. The number of allylic oxidation sites excluding steroid dienone is 2. The van der Waals surface area contributed by atoms with Crippen molar-refractivity contribution in [1.82, 2.24) is 24.5 Å². The first-order chi connectivity index (χ1) is 32.1. The van der Waals surface area contributed by atoms with E-state index in [1.54, 1.807) is 45.3 Å². The molecule has 8 nitrogen and oxygen atoms in total. The number of aromatic nitrogens is 6. The zero-order chi connectivity index (χ0) is 43.4. The first-order valence-electron chi connectivity index (χ1n) is 21.5. The van der Waals surface area contributed by atoms with E-state index >= 15 is 0 Å². The summed E-state index contributed by atoms with van der Waals surface area (Å²) in [6.45, 7) is 6.01. The lowest BCUT2D eigenvalue weighted by Gasteiger charge is -2.24. The average molecular weight is 916 g/mol. The monoisotopic (exact) mass is 915 g/mol. The van der Waals surface area contributed by atoms with Crippen LogP contribution in [0.1, 0.15) is 19.7 Å². The summed E-state index contributed by atoms with van der Waals surface area (Å²) in [5.41, 5.74) is 12.8. The molecule has 0 atom stereocenters. The van der Waals surface area contributed by atoms with E-state index in [4.69, 9.17) is 19.9 Å². The molecule has 65 heavy (non-hydrogen) atoms. The standard InChI is InChI=1S/C53H39N8S4/c1-3-58-44-30-34(50-56-40(32-62-50)52-54-38-20-11-13-22-46(38)64-52)26-28-42(44)60(36-16-7-5-8-17-36)48(58)24-15-25-49-59(4-2)45-31-35(27-29-43(45)61(49)37-18-9-6-10-19-37)51-57-41(33-63-51)53-55-39-21-12-14-23-47(39)65-53/h5-33H,3-4H2,1-2H3/q+1. The molecule has 12 heteroatoms. The van der Waals surface area contributed by atoms with E-state index in [2.05, 4.69) is 195 Å². The molecule has 0 amide bonds. The summed E-state index contributed by atoms with van der Waals surface area (Å²) >= 11 is 6.70. The fourth-order valence-electron chi connectivity index (χ4n) is 8.74. The van der Waals surface area contributed by atoms with Gasteiger partial charge in [-0.25, -0.2) is 24.5 Å². The third-order valence-electron chi connectivity index (χ3n) is 11.7. The van der Waals surface area contributed by atoms with Gasteiger partial charge in [0.15, 0.2) is 11.0 Å². The van der Waals surface area contributed by atoms with Crippen molar-refractivity contribution in [2.45, 2.75) is 20.4 Å². The maximum Gasteiger partial charge on any atom is 0.287 e. The molecule has 6 aromatic carbocycles. The first-order valence-corrected chi connectivity index (χ1v) is 24.9. The molecule has 0 saturated carbocycles. The van der Waals surface area contributed by atoms with Crippen LogP contribution >= 0.6 is 45.3 Å². The molecule has 0 bridgehead atoms. The van der Waals surface area contributed by atoms with Crippen LogP contribution in [0.15, 0.2) is 174 Å². The lowest BCUT2D eigenvalue weighted by atomic mass is 10.1. The highest BCUT2D eigenvalue weighted by Gasteiger charge is 2.32. The Morgan fingerprint density at radius 1 is 0.569 bits per heavy atom. The SMILES string of the molecule is CCN1/C(=C/C=C/c2n(-c3ccccc3)c3ccc(-c4nc(-c5nc6ccccc6s5)cs4)cc3[n+]2CC)N(c2ccccc2)c2ccc(-c3nc(-c4nc5ccccc5s4)cs3)cc21. The van der Waals surface area contributed by atoms with Crippen LogP contribution < -0.4 is 14.4 Å². The van der Waals surface area contributed by atoms with Crippen LogP contribution in [0, 0.1) is 0 Å². The van der Waals surface area contributed by atoms with Crippen LogP contribution in [-0.4, -0.2) is 31.0 Å². The Balaban J connectivity index is 0.925. The number of aryl methyl sites for hydroxylation is 1. The smallest absolute Gasteiger partial charge is 0.287 e.